The Hall–Kier alpha value is -3.59. The number of nitrogens with zero attached hydrogens (tertiary/aromatic N) is 1. The van der Waals surface area contributed by atoms with Crippen LogP contribution in [0.5, 0.6) is 5.75 Å². The van der Waals surface area contributed by atoms with Crippen LogP contribution in [0.15, 0.2) is 90.5 Å². The van der Waals surface area contributed by atoms with Gasteiger partial charge in [0, 0.05) is 11.3 Å². The van der Waals surface area contributed by atoms with Gasteiger partial charge in [0.2, 0.25) is 0 Å². The quantitative estimate of drug-likeness (QED) is 0.518. The van der Waals surface area contributed by atoms with Gasteiger partial charge >= 0.3 is 0 Å². The van der Waals surface area contributed by atoms with Gasteiger partial charge in [-0.05, 0) is 61.4 Å². The summed E-state index contributed by atoms with van der Waals surface area (Å²) >= 11 is 0. The van der Waals surface area contributed by atoms with Crippen molar-refractivity contribution < 1.29 is 9.53 Å². The van der Waals surface area contributed by atoms with E-state index in [1.165, 1.54) is 0 Å². The fourth-order valence-electron chi connectivity index (χ4n) is 3.39. The summed E-state index contributed by atoms with van der Waals surface area (Å²) in [5, 5.41) is 0. The number of anilines is 1. The third-order valence-corrected chi connectivity index (χ3v) is 4.86. The minimum atomic E-state index is -0.0263. The lowest BCUT2D eigenvalue weighted by molar-refractivity contribution is -0.113. The maximum Gasteiger partial charge on any atom is 0.262 e. The van der Waals surface area contributed by atoms with Crippen molar-refractivity contribution in [1.82, 2.24) is 0 Å². The van der Waals surface area contributed by atoms with Gasteiger partial charge in [-0.25, -0.2) is 0 Å². The Morgan fingerprint density at radius 2 is 1.59 bits per heavy atom. The number of rotatable bonds is 5. The average Bonchev–Trinajstić information content (AvgIpc) is 3.07. The molecule has 4 rings (SSSR count). The van der Waals surface area contributed by atoms with Crippen LogP contribution in [0.4, 0.5) is 5.69 Å². The molecular weight excluding hydrogens is 358 g/mol. The zero-order chi connectivity index (χ0) is 20.2. The highest BCUT2D eigenvalue weighted by molar-refractivity contribution is 6.23. The van der Waals surface area contributed by atoms with E-state index in [2.05, 4.69) is 0 Å². The van der Waals surface area contributed by atoms with Gasteiger partial charge in [0.15, 0.2) is 0 Å². The first-order valence-electron chi connectivity index (χ1n) is 9.78. The van der Waals surface area contributed by atoms with Crippen molar-refractivity contribution in [1.29, 1.82) is 0 Å². The number of ether oxygens (including phenoxy) is 1. The lowest BCUT2D eigenvalue weighted by Gasteiger charge is -2.21. The summed E-state index contributed by atoms with van der Waals surface area (Å²) in [6.45, 7) is 4.64. The van der Waals surface area contributed by atoms with E-state index >= 15 is 0 Å². The number of amides is 1. The van der Waals surface area contributed by atoms with Crippen molar-refractivity contribution in [2.45, 2.75) is 13.8 Å². The van der Waals surface area contributed by atoms with Gasteiger partial charge in [0.25, 0.3) is 5.91 Å². The first-order valence-corrected chi connectivity index (χ1v) is 9.78. The van der Waals surface area contributed by atoms with Crippen LogP contribution >= 0.6 is 0 Å². The minimum absolute atomic E-state index is 0.0263. The second-order valence-electron chi connectivity index (χ2n) is 6.97. The molecule has 0 spiro atoms. The lowest BCUT2D eigenvalue weighted by Crippen LogP contribution is -2.24. The number of aryl methyl sites for hydroxylation is 1. The average molecular weight is 381 g/mol. The number of carbonyl (C=O) groups excluding carboxylic acids is 1. The standard InChI is InChI=1S/C26H23NO2/c1-3-29-24-15-11-20(12-16-24)17-22-18-25(21-7-5-4-6-8-21)27(26(22)28)23-13-9-19(2)10-14-23/h4-18H,3H2,1-2H3/b22-17+. The molecule has 29 heavy (non-hydrogen) atoms. The summed E-state index contributed by atoms with van der Waals surface area (Å²) in [4.78, 5) is 15.1. The molecule has 0 atom stereocenters. The third-order valence-electron chi connectivity index (χ3n) is 4.86. The van der Waals surface area contributed by atoms with Crippen molar-refractivity contribution in [3.05, 3.63) is 107 Å². The summed E-state index contributed by atoms with van der Waals surface area (Å²) in [7, 11) is 0. The Bertz CT molecular complexity index is 1060. The van der Waals surface area contributed by atoms with Crippen molar-refractivity contribution in [2.24, 2.45) is 0 Å². The number of carbonyl (C=O) groups is 1. The predicted octanol–water partition coefficient (Wildman–Crippen LogP) is 5.87. The molecule has 3 aromatic carbocycles. The summed E-state index contributed by atoms with van der Waals surface area (Å²) in [6, 6.07) is 25.8. The second kappa shape index (κ2) is 8.19. The molecule has 1 aliphatic rings. The molecule has 0 saturated carbocycles. The Labute approximate surface area is 171 Å². The van der Waals surface area contributed by atoms with Crippen LogP contribution in [-0.2, 0) is 4.79 Å². The number of hydrogen-bond donors (Lipinski definition) is 0. The van der Waals surface area contributed by atoms with Crippen LogP contribution < -0.4 is 9.64 Å². The first-order chi connectivity index (χ1) is 14.2. The zero-order valence-electron chi connectivity index (χ0n) is 16.6. The third kappa shape index (κ3) is 3.99. The Kier molecular flexibility index (Phi) is 5.30. The highest BCUT2D eigenvalue weighted by Gasteiger charge is 2.30. The first kappa shape index (κ1) is 18.8. The highest BCUT2D eigenvalue weighted by atomic mass is 16.5. The van der Waals surface area contributed by atoms with Gasteiger partial charge in [-0.2, -0.15) is 0 Å². The number of benzene rings is 3. The van der Waals surface area contributed by atoms with Crippen molar-refractivity contribution in [3.63, 3.8) is 0 Å². The molecule has 1 heterocycles. The molecule has 0 bridgehead atoms. The van der Waals surface area contributed by atoms with E-state index in [-0.39, 0.29) is 5.91 Å². The van der Waals surface area contributed by atoms with Crippen LogP contribution in [0.25, 0.3) is 11.8 Å². The Balaban J connectivity index is 1.74. The smallest absolute Gasteiger partial charge is 0.262 e. The molecule has 3 nitrogen and oxygen atoms in total. The fourth-order valence-corrected chi connectivity index (χ4v) is 3.39. The molecule has 3 heteroatoms. The maximum absolute atomic E-state index is 13.3. The van der Waals surface area contributed by atoms with E-state index < -0.39 is 0 Å². The second-order valence-corrected chi connectivity index (χ2v) is 6.97. The molecule has 0 aliphatic carbocycles. The van der Waals surface area contributed by atoms with Crippen molar-refractivity contribution in [3.8, 4) is 5.75 Å². The molecule has 0 radical (unpaired) electrons. The van der Waals surface area contributed by atoms with Gasteiger partial charge in [-0.15, -0.1) is 0 Å². The zero-order valence-corrected chi connectivity index (χ0v) is 16.6. The van der Waals surface area contributed by atoms with E-state index in [0.29, 0.717) is 12.2 Å². The van der Waals surface area contributed by atoms with Crippen molar-refractivity contribution >= 4 is 23.4 Å². The molecule has 144 valence electrons. The van der Waals surface area contributed by atoms with Crippen LogP contribution in [0.2, 0.25) is 0 Å². The van der Waals surface area contributed by atoms with E-state index in [9.17, 15) is 4.79 Å². The van der Waals surface area contributed by atoms with Gasteiger partial charge in [0.1, 0.15) is 5.75 Å². The topological polar surface area (TPSA) is 29.5 Å². The molecule has 0 fully saturated rings. The predicted molar refractivity (Wildman–Crippen MR) is 119 cm³/mol. The Morgan fingerprint density at radius 3 is 2.24 bits per heavy atom. The highest BCUT2D eigenvalue weighted by Crippen LogP contribution is 2.35. The van der Waals surface area contributed by atoms with Gasteiger partial charge < -0.3 is 4.74 Å². The lowest BCUT2D eigenvalue weighted by atomic mass is 10.1. The minimum Gasteiger partial charge on any atom is -0.494 e. The van der Waals surface area contributed by atoms with Crippen LogP contribution in [0, 0.1) is 6.92 Å². The Morgan fingerprint density at radius 1 is 0.897 bits per heavy atom. The van der Waals surface area contributed by atoms with Crippen LogP contribution in [0.3, 0.4) is 0 Å². The maximum atomic E-state index is 13.3. The molecule has 1 aliphatic heterocycles. The molecule has 1 amide bonds. The van der Waals surface area contributed by atoms with Crippen molar-refractivity contribution in [2.75, 3.05) is 11.5 Å². The summed E-state index contributed by atoms with van der Waals surface area (Å²) in [6.07, 6.45) is 3.89. The molecule has 0 saturated heterocycles. The molecule has 0 aromatic heterocycles. The SMILES string of the molecule is CCOc1ccc(/C=C2\C=C(c3ccccc3)N(c3ccc(C)cc3)C2=O)cc1. The number of hydrogen-bond acceptors (Lipinski definition) is 2. The van der Waals surface area contributed by atoms with Gasteiger partial charge in [-0.3, -0.25) is 9.69 Å². The van der Waals surface area contributed by atoms with E-state index in [1.54, 1.807) is 4.90 Å². The molecule has 0 N–H and O–H groups in total. The van der Waals surface area contributed by atoms with Crippen LogP contribution in [-0.4, -0.2) is 12.5 Å². The monoisotopic (exact) mass is 381 g/mol. The normalized spacial score (nSPS) is 15.0. The molecular formula is C26H23NO2. The van der Waals surface area contributed by atoms with E-state index in [0.717, 1.165) is 33.8 Å². The van der Waals surface area contributed by atoms with Gasteiger partial charge in [0.05, 0.1) is 12.3 Å². The largest absolute Gasteiger partial charge is 0.494 e. The summed E-state index contributed by atoms with van der Waals surface area (Å²) < 4.78 is 5.50. The molecule has 0 unspecified atom stereocenters. The fraction of sp³-hybridized carbons (Fsp3) is 0.115. The summed E-state index contributed by atoms with van der Waals surface area (Å²) in [5.74, 6) is 0.802. The molecule has 3 aromatic rings. The van der Waals surface area contributed by atoms with E-state index in [1.807, 2.05) is 105 Å². The van der Waals surface area contributed by atoms with E-state index in [4.69, 9.17) is 4.74 Å². The van der Waals surface area contributed by atoms with Gasteiger partial charge in [-0.1, -0.05) is 60.2 Å². The van der Waals surface area contributed by atoms with Crippen LogP contribution in [0.1, 0.15) is 23.6 Å². The summed E-state index contributed by atoms with van der Waals surface area (Å²) in [5.41, 5.74) is 5.55.